The third-order valence-electron chi connectivity index (χ3n) is 3.03. The summed E-state index contributed by atoms with van der Waals surface area (Å²) in [5.41, 5.74) is 0.969. The number of imide groups is 1. The lowest BCUT2D eigenvalue weighted by Crippen LogP contribution is -2.33. The molecule has 0 bridgehead atoms. The monoisotopic (exact) mass is 389 g/mol. The average Bonchev–Trinajstić information content (AvgIpc) is 2.67. The number of hydrogen-bond acceptors (Lipinski definition) is 4. The van der Waals surface area contributed by atoms with Crippen LogP contribution in [0.1, 0.15) is 27.1 Å². The number of benzene rings is 1. The van der Waals surface area contributed by atoms with Crippen LogP contribution in [0, 0.1) is 3.57 Å². The molecule has 0 saturated carbocycles. The van der Waals surface area contributed by atoms with Gasteiger partial charge in [0.25, 0.3) is 11.8 Å². The number of amides is 2. The molecule has 108 valence electrons. The second kappa shape index (κ2) is 7.14. The van der Waals surface area contributed by atoms with Gasteiger partial charge < -0.3 is 9.47 Å². The smallest absolute Gasteiger partial charge is 0.261 e. The summed E-state index contributed by atoms with van der Waals surface area (Å²) >= 11 is 2.13. The van der Waals surface area contributed by atoms with E-state index in [0.717, 1.165) is 9.99 Å². The van der Waals surface area contributed by atoms with Gasteiger partial charge in [0.05, 0.1) is 24.3 Å². The Morgan fingerprint density at radius 2 is 1.85 bits per heavy atom. The highest BCUT2D eigenvalue weighted by Crippen LogP contribution is 2.24. The number of carbonyl (C=O) groups excluding carboxylic acids is 2. The number of nitrogens with zero attached hydrogens (tertiary/aromatic N) is 1. The molecule has 0 unspecified atom stereocenters. The lowest BCUT2D eigenvalue weighted by atomic mass is 10.1. The molecule has 0 N–H and O–H groups in total. The lowest BCUT2D eigenvalue weighted by Gasteiger charge is -2.13. The topological polar surface area (TPSA) is 55.8 Å². The fourth-order valence-electron chi connectivity index (χ4n) is 2.03. The number of halogens is 1. The molecule has 0 saturated heterocycles. The normalized spacial score (nSPS) is 14.0. The van der Waals surface area contributed by atoms with Gasteiger partial charge in [0.1, 0.15) is 0 Å². The Morgan fingerprint density at radius 3 is 2.60 bits per heavy atom. The van der Waals surface area contributed by atoms with Crippen LogP contribution < -0.4 is 0 Å². The summed E-state index contributed by atoms with van der Waals surface area (Å²) in [5.74, 6) is -0.467. The van der Waals surface area contributed by atoms with E-state index in [1.54, 1.807) is 19.2 Å². The molecule has 0 atom stereocenters. The summed E-state index contributed by atoms with van der Waals surface area (Å²) in [5, 5.41) is 0. The summed E-state index contributed by atoms with van der Waals surface area (Å²) < 4.78 is 11.2. The summed E-state index contributed by atoms with van der Waals surface area (Å²) in [6, 6.07) is 5.28. The van der Waals surface area contributed by atoms with Crippen LogP contribution in [-0.4, -0.2) is 50.2 Å². The Kier molecular flexibility index (Phi) is 5.50. The van der Waals surface area contributed by atoms with E-state index in [-0.39, 0.29) is 18.4 Å². The van der Waals surface area contributed by atoms with E-state index in [2.05, 4.69) is 22.6 Å². The number of carbonyl (C=O) groups is 2. The molecule has 5 nitrogen and oxygen atoms in total. The minimum absolute atomic E-state index is 0.232. The highest BCUT2D eigenvalue weighted by atomic mass is 127. The first-order valence-corrected chi connectivity index (χ1v) is 7.45. The van der Waals surface area contributed by atoms with Crippen molar-refractivity contribution >= 4 is 34.4 Å². The van der Waals surface area contributed by atoms with Gasteiger partial charge in [-0.3, -0.25) is 14.5 Å². The van der Waals surface area contributed by atoms with Gasteiger partial charge in [-0.05, 0) is 47.2 Å². The van der Waals surface area contributed by atoms with Gasteiger partial charge in [-0.2, -0.15) is 0 Å². The van der Waals surface area contributed by atoms with Crippen molar-refractivity contribution in [1.29, 1.82) is 0 Å². The number of ether oxygens (including phenoxy) is 2. The maximum Gasteiger partial charge on any atom is 0.261 e. The second-order valence-corrected chi connectivity index (χ2v) is 5.66. The average molecular weight is 389 g/mol. The molecule has 0 fully saturated rings. The Bertz CT molecular complexity index is 518. The summed E-state index contributed by atoms with van der Waals surface area (Å²) in [7, 11) is 1.64. The van der Waals surface area contributed by atoms with Gasteiger partial charge in [-0.25, -0.2) is 0 Å². The molecule has 1 heterocycles. The number of hydrogen-bond donors (Lipinski definition) is 0. The first-order valence-electron chi connectivity index (χ1n) is 6.37. The Balaban J connectivity index is 1.89. The molecule has 6 heteroatoms. The van der Waals surface area contributed by atoms with Crippen LogP contribution in [0.25, 0.3) is 0 Å². The summed E-state index contributed by atoms with van der Waals surface area (Å²) in [6.07, 6.45) is 0.802. The molecule has 1 aromatic rings. The van der Waals surface area contributed by atoms with E-state index in [9.17, 15) is 9.59 Å². The van der Waals surface area contributed by atoms with Gasteiger partial charge in [-0.1, -0.05) is 0 Å². The zero-order valence-corrected chi connectivity index (χ0v) is 13.4. The third kappa shape index (κ3) is 3.36. The van der Waals surface area contributed by atoms with Crippen molar-refractivity contribution in [2.45, 2.75) is 6.42 Å². The molecule has 2 amide bonds. The number of fused-ring (bicyclic) bond motifs is 1. The van der Waals surface area contributed by atoms with Crippen molar-refractivity contribution in [2.75, 3.05) is 33.5 Å². The van der Waals surface area contributed by atoms with Gasteiger partial charge >= 0.3 is 0 Å². The van der Waals surface area contributed by atoms with Crippen LogP contribution in [-0.2, 0) is 9.47 Å². The van der Waals surface area contributed by atoms with Crippen molar-refractivity contribution in [3.63, 3.8) is 0 Å². The number of methoxy groups -OCH3 is 1. The van der Waals surface area contributed by atoms with Gasteiger partial charge in [-0.15, -0.1) is 0 Å². The van der Waals surface area contributed by atoms with Crippen molar-refractivity contribution < 1.29 is 19.1 Å². The summed E-state index contributed by atoms with van der Waals surface area (Å²) in [6.45, 7) is 1.85. The van der Waals surface area contributed by atoms with Crippen LogP contribution in [0.4, 0.5) is 0 Å². The van der Waals surface area contributed by atoms with E-state index in [1.165, 1.54) is 4.90 Å². The molecule has 20 heavy (non-hydrogen) atoms. The van der Waals surface area contributed by atoms with Crippen LogP contribution >= 0.6 is 22.6 Å². The van der Waals surface area contributed by atoms with Crippen LogP contribution in [0.3, 0.4) is 0 Å². The Morgan fingerprint density at radius 1 is 1.10 bits per heavy atom. The van der Waals surface area contributed by atoms with E-state index in [1.807, 2.05) is 6.07 Å². The fraction of sp³-hybridized carbons (Fsp3) is 0.429. The minimum atomic E-state index is -0.234. The molecular formula is C14H16INO4. The Labute approximate surface area is 131 Å². The predicted molar refractivity (Wildman–Crippen MR) is 81.8 cm³/mol. The lowest BCUT2D eigenvalue weighted by molar-refractivity contribution is 0.0538. The van der Waals surface area contributed by atoms with Crippen molar-refractivity contribution in [1.82, 2.24) is 4.90 Å². The molecule has 0 aromatic heterocycles. The van der Waals surface area contributed by atoms with Gasteiger partial charge in [0.15, 0.2) is 0 Å². The maximum absolute atomic E-state index is 12.2. The first kappa shape index (κ1) is 15.4. The number of rotatable bonds is 7. The van der Waals surface area contributed by atoms with Crippen LogP contribution in [0.5, 0.6) is 0 Å². The molecule has 1 aromatic carbocycles. The molecule has 0 radical (unpaired) electrons. The highest BCUT2D eigenvalue weighted by Gasteiger charge is 2.35. The van der Waals surface area contributed by atoms with Crippen LogP contribution in [0.15, 0.2) is 18.2 Å². The van der Waals surface area contributed by atoms with E-state index >= 15 is 0 Å². The van der Waals surface area contributed by atoms with Crippen LogP contribution in [0.2, 0.25) is 0 Å². The van der Waals surface area contributed by atoms with E-state index in [4.69, 9.17) is 9.47 Å². The molecule has 1 aliphatic heterocycles. The minimum Gasteiger partial charge on any atom is -0.385 e. The largest absolute Gasteiger partial charge is 0.385 e. The first-order chi connectivity index (χ1) is 9.65. The SMILES string of the molecule is COCCCOCCN1C(=O)c2ccc(I)cc2C1=O. The van der Waals surface area contributed by atoms with Crippen molar-refractivity contribution in [3.8, 4) is 0 Å². The molecular weight excluding hydrogens is 373 g/mol. The highest BCUT2D eigenvalue weighted by molar-refractivity contribution is 14.1. The molecule has 1 aliphatic rings. The maximum atomic E-state index is 12.2. The molecule has 0 spiro atoms. The quantitative estimate of drug-likeness (QED) is 0.407. The summed E-state index contributed by atoms with van der Waals surface area (Å²) in [4.78, 5) is 25.5. The second-order valence-electron chi connectivity index (χ2n) is 4.41. The van der Waals surface area contributed by atoms with Crippen molar-refractivity contribution in [2.24, 2.45) is 0 Å². The predicted octanol–water partition coefficient (Wildman–Crippen LogP) is 1.94. The zero-order chi connectivity index (χ0) is 14.5. The van der Waals surface area contributed by atoms with Crippen molar-refractivity contribution in [3.05, 3.63) is 32.9 Å². The standard InChI is InChI=1S/C14H16INO4/c1-19-6-2-7-20-8-5-16-13(17)11-4-3-10(15)9-12(11)14(16)18/h3-4,9H,2,5-8H2,1H3. The van der Waals surface area contributed by atoms with E-state index in [0.29, 0.717) is 30.9 Å². The zero-order valence-electron chi connectivity index (χ0n) is 11.2. The third-order valence-corrected chi connectivity index (χ3v) is 3.70. The fourth-order valence-corrected chi connectivity index (χ4v) is 2.52. The van der Waals surface area contributed by atoms with Gasteiger partial charge in [0, 0.05) is 23.9 Å². The van der Waals surface area contributed by atoms with Gasteiger partial charge in [0.2, 0.25) is 0 Å². The molecule has 2 rings (SSSR count). The van der Waals surface area contributed by atoms with E-state index < -0.39 is 0 Å². The molecule has 0 aliphatic carbocycles. The Hall–Kier alpha value is -0.990.